The minimum absolute atomic E-state index is 0.0413. The van der Waals surface area contributed by atoms with Gasteiger partial charge in [0.05, 0.1) is 22.7 Å². The normalized spacial score (nSPS) is 13.9. The van der Waals surface area contributed by atoms with Crippen molar-refractivity contribution in [2.45, 2.75) is 25.7 Å². The van der Waals surface area contributed by atoms with Crippen molar-refractivity contribution in [1.29, 1.82) is 5.26 Å². The van der Waals surface area contributed by atoms with Crippen molar-refractivity contribution in [2.24, 2.45) is 0 Å². The Labute approximate surface area is 221 Å². The van der Waals surface area contributed by atoms with Crippen LogP contribution in [0.2, 0.25) is 0 Å². The summed E-state index contributed by atoms with van der Waals surface area (Å²) in [5, 5.41) is 12.1. The van der Waals surface area contributed by atoms with E-state index >= 15 is 0 Å². The van der Waals surface area contributed by atoms with E-state index in [1.54, 1.807) is 18.2 Å². The van der Waals surface area contributed by atoms with Crippen LogP contribution in [-0.4, -0.2) is 33.6 Å². The first-order chi connectivity index (χ1) is 18.7. The zero-order valence-electron chi connectivity index (χ0n) is 20.7. The molecule has 0 radical (unpaired) electrons. The van der Waals surface area contributed by atoms with E-state index in [1.165, 1.54) is 22.9 Å². The molecule has 198 valence electrons. The largest absolute Gasteiger partial charge is 0.416 e. The van der Waals surface area contributed by atoms with Crippen molar-refractivity contribution >= 4 is 23.0 Å². The number of nitriles is 1. The van der Waals surface area contributed by atoms with E-state index in [1.807, 2.05) is 24.3 Å². The SMILES string of the molecule is N#Cc1ccc(C=CCN2CCc3c(c4cc(C(F)(F)F)ccc4n3C(=O)NCc3ccnc(F)c3)C2)cc1. The molecule has 10 heteroatoms. The van der Waals surface area contributed by atoms with Gasteiger partial charge < -0.3 is 5.32 Å². The van der Waals surface area contributed by atoms with E-state index < -0.39 is 23.7 Å². The Hall–Kier alpha value is -4.49. The maximum atomic E-state index is 13.5. The van der Waals surface area contributed by atoms with Gasteiger partial charge in [-0.2, -0.15) is 22.8 Å². The summed E-state index contributed by atoms with van der Waals surface area (Å²) in [6.45, 7) is 1.58. The monoisotopic (exact) mass is 533 g/mol. The molecule has 1 amide bonds. The van der Waals surface area contributed by atoms with Crippen LogP contribution in [0.4, 0.5) is 22.4 Å². The van der Waals surface area contributed by atoms with Crippen LogP contribution in [0.1, 0.15) is 33.5 Å². The van der Waals surface area contributed by atoms with Crippen LogP contribution in [0.3, 0.4) is 0 Å². The van der Waals surface area contributed by atoms with Crippen molar-refractivity contribution in [3.05, 3.63) is 106 Å². The highest BCUT2D eigenvalue weighted by Gasteiger charge is 2.33. The van der Waals surface area contributed by atoms with E-state index in [2.05, 4.69) is 21.3 Å². The lowest BCUT2D eigenvalue weighted by Crippen LogP contribution is -2.34. The number of aromatic nitrogens is 2. The van der Waals surface area contributed by atoms with E-state index in [9.17, 15) is 22.4 Å². The number of benzene rings is 2. The molecular weight excluding hydrogens is 510 g/mol. The van der Waals surface area contributed by atoms with Crippen LogP contribution >= 0.6 is 0 Å². The molecule has 1 aliphatic heterocycles. The van der Waals surface area contributed by atoms with Crippen molar-refractivity contribution in [3.63, 3.8) is 0 Å². The number of carbonyl (C=O) groups excluding carboxylic acids is 1. The van der Waals surface area contributed by atoms with E-state index in [0.717, 1.165) is 17.7 Å². The van der Waals surface area contributed by atoms with Gasteiger partial charge in [0.2, 0.25) is 5.95 Å². The van der Waals surface area contributed by atoms with Gasteiger partial charge in [0.25, 0.3) is 0 Å². The molecule has 0 saturated carbocycles. The lowest BCUT2D eigenvalue weighted by Gasteiger charge is -2.27. The first-order valence-electron chi connectivity index (χ1n) is 12.2. The predicted molar refractivity (Wildman–Crippen MR) is 138 cm³/mol. The summed E-state index contributed by atoms with van der Waals surface area (Å²) in [6, 6.07) is 14.9. The Balaban J connectivity index is 1.41. The number of nitrogens with zero attached hydrogens (tertiary/aromatic N) is 4. The smallest absolute Gasteiger partial charge is 0.333 e. The lowest BCUT2D eigenvalue weighted by atomic mass is 10.0. The zero-order valence-corrected chi connectivity index (χ0v) is 20.7. The Morgan fingerprint density at radius 1 is 1.13 bits per heavy atom. The van der Waals surface area contributed by atoms with E-state index in [4.69, 9.17) is 5.26 Å². The minimum Gasteiger partial charge on any atom is -0.333 e. The number of fused-ring (bicyclic) bond motifs is 3. The molecule has 0 unspecified atom stereocenters. The quantitative estimate of drug-likeness (QED) is 0.256. The van der Waals surface area contributed by atoms with Gasteiger partial charge in [-0.15, -0.1) is 0 Å². The van der Waals surface area contributed by atoms with Gasteiger partial charge >= 0.3 is 12.2 Å². The second kappa shape index (κ2) is 10.7. The third kappa shape index (κ3) is 5.68. The van der Waals surface area contributed by atoms with Crippen molar-refractivity contribution in [2.75, 3.05) is 13.1 Å². The fourth-order valence-electron chi connectivity index (χ4n) is 4.79. The number of hydrogen-bond donors (Lipinski definition) is 1. The molecule has 2 aromatic carbocycles. The summed E-state index contributed by atoms with van der Waals surface area (Å²) < 4.78 is 55.5. The van der Waals surface area contributed by atoms with Crippen LogP contribution in [0.15, 0.2) is 66.9 Å². The summed E-state index contributed by atoms with van der Waals surface area (Å²) in [5.41, 5.74) is 2.98. The van der Waals surface area contributed by atoms with Crippen molar-refractivity contribution in [1.82, 2.24) is 19.8 Å². The molecule has 0 saturated heterocycles. The minimum atomic E-state index is -4.52. The number of hydrogen-bond acceptors (Lipinski definition) is 4. The number of amides is 1. The number of alkyl halides is 3. The summed E-state index contributed by atoms with van der Waals surface area (Å²) in [4.78, 5) is 18.9. The summed E-state index contributed by atoms with van der Waals surface area (Å²) in [7, 11) is 0. The molecule has 0 atom stereocenters. The average Bonchev–Trinajstić information content (AvgIpc) is 3.25. The second-order valence-electron chi connectivity index (χ2n) is 9.26. The molecule has 39 heavy (non-hydrogen) atoms. The van der Waals surface area contributed by atoms with Crippen molar-refractivity contribution in [3.8, 4) is 6.07 Å². The number of halogens is 4. The fourth-order valence-corrected chi connectivity index (χ4v) is 4.79. The third-order valence-corrected chi connectivity index (χ3v) is 6.71. The van der Waals surface area contributed by atoms with Crippen LogP contribution in [0.5, 0.6) is 0 Å². The van der Waals surface area contributed by atoms with Gasteiger partial charge in [0.1, 0.15) is 0 Å². The molecule has 0 aliphatic carbocycles. The number of carbonyl (C=O) groups is 1. The molecule has 3 heterocycles. The highest BCUT2D eigenvalue weighted by molar-refractivity contribution is 5.96. The molecule has 0 bridgehead atoms. The maximum Gasteiger partial charge on any atom is 0.416 e. The lowest BCUT2D eigenvalue weighted by molar-refractivity contribution is -0.137. The molecule has 5 rings (SSSR count). The summed E-state index contributed by atoms with van der Waals surface area (Å²) in [5.74, 6) is -0.668. The summed E-state index contributed by atoms with van der Waals surface area (Å²) >= 11 is 0. The second-order valence-corrected chi connectivity index (χ2v) is 9.26. The number of nitrogens with one attached hydrogen (secondary N) is 1. The average molecular weight is 534 g/mol. The van der Waals surface area contributed by atoms with Crippen LogP contribution in [0.25, 0.3) is 17.0 Å². The van der Waals surface area contributed by atoms with E-state index in [-0.39, 0.29) is 6.54 Å². The Morgan fingerprint density at radius 2 is 1.92 bits per heavy atom. The predicted octanol–water partition coefficient (Wildman–Crippen LogP) is 5.90. The first kappa shape index (κ1) is 26.1. The van der Waals surface area contributed by atoms with Crippen LogP contribution in [0, 0.1) is 17.3 Å². The Kier molecular flexibility index (Phi) is 7.17. The number of pyridine rings is 1. The molecule has 0 fully saturated rings. The van der Waals surface area contributed by atoms with Gasteiger partial charge in [-0.25, -0.2) is 9.78 Å². The van der Waals surface area contributed by atoms with Gasteiger partial charge in [-0.1, -0.05) is 24.3 Å². The summed E-state index contributed by atoms with van der Waals surface area (Å²) in [6.07, 6.45) is 1.14. The van der Waals surface area contributed by atoms with Crippen molar-refractivity contribution < 1.29 is 22.4 Å². The highest BCUT2D eigenvalue weighted by Crippen LogP contribution is 2.36. The molecule has 0 spiro atoms. The van der Waals surface area contributed by atoms with E-state index in [0.29, 0.717) is 59.3 Å². The highest BCUT2D eigenvalue weighted by atomic mass is 19.4. The molecule has 2 aromatic heterocycles. The molecular formula is C29H23F4N5O. The first-order valence-corrected chi connectivity index (χ1v) is 12.2. The van der Waals surface area contributed by atoms with Crippen LogP contribution in [-0.2, 0) is 25.7 Å². The van der Waals surface area contributed by atoms with Gasteiger partial charge in [-0.3, -0.25) is 9.47 Å². The van der Waals surface area contributed by atoms with Gasteiger partial charge in [-0.05, 0) is 59.2 Å². The topological polar surface area (TPSA) is 74.0 Å². The standard InChI is InChI=1S/C29H23F4N5O/c30-27-14-21(9-11-35-27)17-36-28(39)38-25-8-7-22(29(31,32)33)15-23(25)24-18-37(13-10-26(24)38)12-1-2-19-3-5-20(16-34)6-4-19/h1-9,11,14-15H,10,12-13,17-18H2,(H,36,39). The molecule has 4 aromatic rings. The number of rotatable bonds is 5. The molecule has 1 N–H and O–H groups in total. The zero-order chi connectivity index (χ0) is 27.6. The Morgan fingerprint density at radius 3 is 2.64 bits per heavy atom. The van der Waals surface area contributed by atoms with Crippen LogP contribution < -0.4 is 5.32 Å². The maximum absolute atomic E-state index is 13.5. The fraction of sp³-hybridized carbons (Fsp3) is 0.207. The van der Waals surface area contributed by atoms with Gasteiger partial charge in [0.15, 0.2) is 0 Å². The molecule has 6 nitrogen and oxygen atoms in total. The third-order valence-electron chi connectivity index (χ3n) is 6.71. The van der Waals surface area contributed by atoms with Gasteiger partial charge in [0, 0.05) is 49.9 Å². The molecule has 1 aliphatic rings. The Bertz CT molecular complexity index is 1600.